The molecule has 0 amide bonds. The van der Waals surface area contributed by atoms with Gasteiger partial charge >= 0.3 is 0 Å². The van der Waals surface area contributed by atoms with E-state index < -0.39 is 10.8 Å². The predicted octanol–water partition coefficient (Wildman–Crippen LogP) is 2.60. The molecule has 0 spiro atoms. The Bertz CT molecular complexity index is 675. The second kappa shape index (κ2) is 8.01. The van der Waals surface area contributed by atoms with Gasteiger partial charge in [-0.2, -0.15) is 0 Å². The summed E-state index contributed by atoms with van der Waals surface area (Å²) >= 11 is 0. The van der Waals surface area contributed by atoms with Gasteiger partial charge in [0.2, 0.25) is 0 Å². The molecule has 0 unspecified atom stereocenters. The molecule has 3 rings (SSSR count). The molecule has 0 bridgehead atoms. The summed E-state index contributed by atoms with van der Waals surface area (Å²) in [4.78, 5) is 7.58. The highest BCUT2D eigenvalue weighted by molar-refractivity contribution is 7.84. The number of aromatic nitrogens is 1. The van der Waals surface area contributed by atoms with Crippen LogP contribution in [0.5, 0.6) is 0 Å². The van der Waals surface area contributed by atoms with Crippen LogP contribution in [0.25, 0.3) is 0 Å². The molecule has 128 valence electrons. The fourth-order valence-corrected chi connectivity index (χ4v) is 4.04. The summed E-state index contributed by atoms with van der Waals surface area (Å²) < 4.78 is 11.4. The van der Waals surface area contributed by atoms with Gasteiger partial charge in [0, 0.05) is 53.5 Å². The zero-order valence-corrected chi connectivity index (χ0v) is 15.1. The van der Waals surface area contributed by atoms with Crippen LogP contribution in [-0.4, -0.2) is 40.5 Å². The Balaban J connectivity index is 1.56. The lowest BCUT2D eigenvalue weighted by atomic mass is 9.94. The van der Waals surface area contributed by atoms with Gasteiger partial charge in [-0.1, -0.05) is 18.2 Å². The van der Waals surface area contributed by atoms with Crippen LogP contribution in [-0.2, 0) is 17.3 Å². The Morgan fingerprint density at radius 1 is 1.29 bits per heavy atom. The summed E-state index contributed by atoms with van der Waals surface area (Å²) in [5, 5.41) is 3.59. The number of pyridine rings is 1. The fraction of sp³-hybridized carbons (Fsp3) is 0.421. The molecule has 1 N–H and O–H groups in total. The number of hydrogen-bond donors (Lipinski definition) is 1. The molecule has 1 aromatic heterocycles. The van der Waals surface area contributed by atoms with Crippen molar-refractivity contribution in [3.63, 3.8) is 0 Å². The Kier molecular flexibility index (Phi) is 5.76. The molecular weight excluding hydrogens is 318 g/mol. The Hall–Kier alpha value is -1.56. The highest BCUT2D eigenvalue weighted by atomic mass is 32.2. The van der Waals surface area contributed by atoms with E-state index in [4.69, 9.17) is 0 Å². The van der Waals surface area contributed by atoms with Crippen LogP contribution in [0, 0.1) is 5.92 Å². The van der Waals surface area contributed by atoms with Crippen LogP contribution in [0.3, 0.4) is 0 Å². The first-order valence-electron chi connectivity index (χ1n) is 8.38. The maximum Gasteiger partial charge on any atom is 0.0498 e. The third-order valence-electron chi connectivity index (χ3n) is 4.79. The third-order valence-corrected chi connectivity index (χ3v) is 5.73. The quantitative estimate of drug-likeness (QED) is 0.876. The smallest absolute Gasteiger partial charge is 0.0498 e. The number of likely N-dealkylation sites (tertiary alicyclic amines) is 1. The summed E-state index contributed by atoms with van der Waals surface area (Å²) in [5.41, 5.74) is 2.53. The molecule has 2 heterocycles. The fourth-order valence-electron chi connectivity index (χ4n) is 3.52. The van der Waals surface area contributed by atoms with Crippen LogP contribution in [0.4, 0.5) is 0 Å². The molecule has 2 aromatic rings. The average Bonchev–Trinajstić information content (AvgIpc) is 2.97. The summed E-state index contributed by atoms with van der Waals surface area (Å²) in [7, 11) is 1.29. The lowest BCUT2D eigenvalue weighted by Crippen LogP contribution is -2.28. The first kappa shape index (κ1) is 17.3. The van der Waals surface area contributed by atoms with E-state index in [9.17, 15) is 4.21 Å². The van der Waals surface area contributed by atoms with Crippen molar-refractivity contribution in [2.24, 2.45) is 5.92 Å². The van der Waals surface area contributed by atoms with Crippen LogP contribution >= 0.6 is 0 Å². The average molecular weight is 343 g/mol. The van der Waals surface area contributed by atoms with Crippen LogP contribution in [0.1, 0.15) is 23.6 Å². The highest BCUT2D eigenvalue weighted by Crippen LogP contribution is 2.35. The number of rotatable bonds is 6. The maximum absolute atomic E-state index is 11.4. The largest absolute Gasteiger partial charge is 0.312 e. The number of hydrogen-bond acceptors (Lipinski definition) is 4. The molecule has 5 heteroatoms. The lowest BCUT2D eigenvalue weighted by Gasteiger charge is -2.25. The van der Waals surface area contributed by atoms with Gasteiger partial charge in [-0.3, -0.25) is 14.1 Å². The summed E-state index contributed by atoms with van der Waals surface area (Å²) in [6.45, 7) is 2.96. The zero-order valence-electron chi connectivity index (χ0n) is 14.3. The Morgan fingerprint density at radius 2 is 2.08 bits per heavy atom. The van der Waals surface area contributed by atoms with Crippen LogP contribution in [0.15, 0.2) is 53.7 Å². The van der Waals surface area contributed by atoms with E-state index in [2.05, 4.69) is 40.4 Å². The van der Waals surface area contributed by atoms with Crippen LogP contribution in [0.2, 0.25) is 0 Å². The summed E-state index contributed by atoms with van der Waals surface area (Å²) in [6, 6.07) is 12.7. The van der Waals surface area contributed by atoms with Gasteiger partial charge in [-0.05, 0) is 55.3 Å². The minimum absolute atomic E-state index is 0.441. The molecule has 0 aliphatic carbocycles. The van der Waals surface area contributed by atoms with Crippen molar-refractivity contribution in [2.45, 2.75) is 23.9 Å². The molecule has 1 aromatic carbocycles. The summed E-state index contributed by atoms with van der Waals surface area (Å²) in [6.07, 6.45) is 6.74. The van der Waals surface area contributed by atoms with Gasteiger partial charge in [-0.25, -0.2) is 0 Å². The molecule has 1 aliphatic rings. The van der Waals surface area contributed by atoms with Gasteiger partial charge < -0.3 is 5.32 Å². The van der Waals surface area contributed by atoms with E-state index in [1.54, 1.807) is 6.26 Å². The van der Waals surface area contributed by atoms with Crippen molar-refractivity contribution in [1.29, 1.82) is 0 Å². The van der Waals surface area contributed by atoms with E-state index in [0.717, 1.165) is 24.5 Å². The molecule has 24 heavy (non-hydrogen) atoms. The molecule has 0 saturated carbocycles. The first-order chi connectivity index (χ1) is 11.6. The van der Waals surface area contributed by atoms with Crippen molar-refractivity contribution < 1.29 is 4.21 Å². The third kappa shape index (κ3) is 4.09. The Labute approximate surface area is 146 Å². The molecular formula is C19H25N3OS. The second-order valence-corrected chi connectivity index (χ2v) is 7.87. The predicted molar refractivity (Wildman–Crippen MR) is 98.2 cm³/mol. The van der Waals surface area contributed by atoms with Gasteiger partial charge in [-0.15, -0.1) is 0 Å². The van der Waals surface area contributed by atoms with E-state index >= 15 is 0 Å². The van der Waals surface area contributed by atoms with E-state index in [-0.39, 0.29) is 0 Å². The van der Waals surface area contributed by atoms with Crippen LogP contribution < -0.4 is 5.32 Å². The van der Waals surface area contributed by atoms with Gasteiger partial charge in [0.05, 0.1) is 0 Å². The molecule has 1 fully saturated rings. The van der Waals surface area contributed by atoms with Gasteiger partial charge in [0.15, 0.2) is 0 Å². The van der Waals surface area contributed by atoms with Crippen molar-refractivity contribution in [3.8, 4) is 0 Å². The number of benzene rings is 1. The molecule has 1 saturated heterocycles. The topological polar surface area (TPSA) is 45.2 Å². The van der Waals surface area contributed by atoms with E-state index in [1.165, 1.54) is 17.5 Å². The summed E-state index contributed by atoms with van der Waals surface area (Å²) in [5.74, 6) is 0.599. The van der Waals surface area contributed by atoms with E-state index in [0.29, 0.717) is 12.0 Å². The first-order valence-corrected chi connectivity index (χ1v) is 9.94. The number of nitrogens with one attached hydrogen (secondary N) is 1. The molecule has 1 aliphatic heterocycles. The Morgan fingerprint density at radius 3 is 2.75 bits per heavy atom. The maximum atomic E-state index is 11.4. The SMILES string of the molecule is CN1CC[C@@H](CNCc2ccc([S@](C)=O)cc2)[C@@H]1c1cccnc1. The van der Waals surface area contributed by atoms with E-state index in [1.807, 2.05) is 30.6 Å². The van der Waals surface area contributed by atoms with Crippen molar-refractivity contribution in [3.05, 3.63) is 59.9 Å². The minimum atomic E-state index is -0.907. The van der Waals surface area contributed by atoms with Crippen molar-refractivity contribution in [2.75, 3.05) is 26.4 Å². The number of nitrogens with zero attached hydrogens (tertiary/aromatic N) is 2. The van der Waals surface area contributed by atoms with Gasteiger partial charge in [0.1, 0.15) is 0 Å². The lowest BCUT2D eigenvalue weighted by molar-refractivity contribution is 0.271. The van der Waals surface area contributed by atoms with Crippen molar-refractivity contribution >= 4 is 10.8 Å². The standard InChI is InChI=1S/C19H25N3OS/c1-22-11-9-17(19(22)16-4-3-10-20-13-16)14-21-12-15-5-7-18(8-6-15)24(2)23/h3-8,10,13,17,19,21H,9,11-12,14H2,1-2H3/t17-,19-,24-/m0/s1. The molecule has 4 nitrogen and oxygen atoms in total. The second-order valence-electron chi connectivity index (χ2n) is 6.49. The molecule has 3 atom stereocenters. The monoisotopic (exact) mass is 343 g/mol. The molecule has 0 radical (unpaired) electrons. The zero-order chi connectivity index (χ0) is 16.9. The highest BCUT2D eigenvalue weighted by Gasteiger charge is 2.32. The van der Waals surface area contributed by atoms with Gasteiger partial charge in [0.25, 0.3) is 0 Å². The van der Waals surface area contributed by atoms with Crippen molar-refractivity contribution in [1.82, 2.24) is 15.2 Å². The minimum Gasteiger partial charge on any atom is -0.312 e. The normalized spacial score (nSPS) is 22.6.